The molecule has 5 heteroatoms. The lowest BCUT2D eigenvalue weighted by Gasteiger charge is -2.16. The zero-order valence-corrected chi connectivity index (χ0v) is 15.4. The second-order valence-electron chi connectivity index (χ2n) is 6.43. The topological polar surface area (TPSA) is 32.7 Å². The summed E-state index contributed by atoms with van der Waals surface area (Å²) in [6.45, 7) is 2.10. The molecule has 1 heterocycles. The van der Waals surface area contributed by atoms with Crippen LogP contribution >= 0.6 is 11.6 Å². The molecule has 1 amide bonds. The summed E-state index contributed by atoms with van der Waals surface area (Å²) in [6, 6.07) is 19.6. The highest BCUT2D eigenvalue weighted by atomic mass is 35.5. The van der Waals surface area contributed by atoms with Crippen molar-refractivity contribution in [2.75, 3.05) is 4.90 Å². The van der Waals surface area contributed by atoms with Gasteiger partial charge in [-0.25, -0.2) is 9.38 Å². The molecule has 0 saturated heterocycles. The first kappa shape index (κ1) is 17.4. The molecule has 0 saturated carbocycles. The van der Waals surface area contributed by atoms with Crippen LogP contribution in [-0.2, 0) is 11.3 Å². The Kier molecular flexibility index (Phi) is 4.50. The molecule has 0 bridgehead atoms. The lowest BCUT2D eigenvalue weighted by Crippen LogP contribution is -2.29. The number of aryl methyl sites for hydroxylation is 1. The summed E-state index contributed by atoms with van der Waals surface area (Å²) in [6.07, 6.45) is 0. The van der Waals surface area contributed by atoms with E-state index in [2.05, 4.69) is 4.99 Å². The van der Waals surface area contributed by atoms with E-state index in [-0.39, 0.29) is 11.7 Å². The number of nitrogens with zero attached hydrogens (tertiary/aromatic N) is 2. The first-order valence-electron chi connectivity index (χ1n) is 8.53. The molecule has 0 spiro atoms. The fourth-order valence-corrected chi connectivity index (χ4v) is 3.21. The zero-order chi connectivity index (χ0) is 19.0. The minimum atomic E-state index is -0.339. The summed E-state index contributed by atoms with van der Waals surface area (Å²) in [5, 5.41) is 0.649. The summed E-state index contributed by atoms with van der Waals surface area (Å²) in [7, 11) is 0. The first-order chi connectivity index (χ1) is 13.0. The van der Waals surface area contributed by atoms with Crippen molar-refractivity contribution in [3.63, 3.8) is 0 Å². The van der Waals surface area contributed by atoms with Crippen LogP contribution in [0, 0.1) is 12.7 Å². The van der Waals surface area contributed by atoms with E-state index < -0.39 is 0 Å². The van der Waals surface area contributed by atoms with Gasteiger partial charge in [0.2, 0.25) is 0 Å². The van der Waals surface area contributed by atoms with E-state index in [9.17, 15) is 9.18 Å². The van der Waals surface area contributed by atoms with Crippen LogP contribution in [-0.4, -0.2) is 11.6 Å². The van der Waals surface area contributed by atoms with Crippen LogP contribution in [0.5, 0.6) is 0 Å². The van der Waals surface area contributed by atoms with Gasteiger partial charge < -0.3 is 4.90 Å². The number of aliphatic imine (C=N–C) groups is 1. The first-order valence-corrected chi connectivity index (χ1v) is 8.91. The zero-order valence-electron chi connectivity index (χ0n) is 14.6. The molecule has 3 aromatic carbocycles. The van der Waals surface area contributed by atoms with Gasteiger partial charge >= 0.3 is 0 Å². The van der Waals surface area contributed by atoms with Crippen LogP contribution in [0.4, 0.5) is 15.8 Å². The molecule has 0 fully saturated rings. The molecule has 1 aliphatic rings. The van der Waals surface area contributed by atoms with Crippen LogP contribution in [0.1, 0.15) is 16.7 Å². The Hall–Kier alpha value is -2.98. The number of hydrogen-bond donors (Lipinski definition) is 0. The number of benzene rings is 3. The number of hydrogen-bond acceptors (Lipinski definition) is 2. The molecule has 0 N–H and O–H groups in total. The van der Waals surface area contributed by atoms with Gasteiger partial charge in [0.15, 0.2) is 0 Å². The van der Waals surface area contributed by atoms with Crippen molar-refractivity contribution >= 4 is 34.6 Å². The number of rotatable bonds is 3. The van der Waals surface area contributed by atoms with Gasteiger partial charge in [-0.05, 0) is 48.4 Å². The van der Waals surface area contributed by atoms with Crippen molar-refractivity contribution in [1.82, 2.24) is 0 Å². The van der Waals surface area contributed by atoms with Crippen LogP contribution in [0.15, 0.2) is 71.7 Å². The highest BCUT2D eigenvalue weighted by molar-refractivity contribution is 6.54. The molecule has 1 aliphatic heterocycles. The number of amides is 1. The summed E-state index contributed by atoms with van der Waals surface area (Å²) in [5.41, 5.74) is 3.79. The van der Waals surface area contributed by atoms with Gasteiger partial charge in [0.25, 0.3) is 5.91 Å². The number of halogens is 2. The Balaban J connectivity index is 1.74. The number of para-hydroxylation sites is 1. The summed E-state index contributed by atoms with van der Waals surface area (Å²) in [5.74, 6) is -0.541. The molecule has 3 aromatic rings. The van der Waals surface area contributed by atoms with Gasteiger partial charge in [0.1, 0.15) is 11.5 Å². The number of anilines is 1. The highest BCUT2D eigenvalue weighted by Crippen LogP contribution is 2.32. The minimum absolute atomic E-state index is 0.202. The van der Waals surface area contributed by atoms with E-state index >= 15 is 0 Å². The lowest BCUT2D eigenvalue weighted by molar-refractivity contribution is -0.112. The molecule has 0 aromatic heterocycles. The van der Waals surface area contributed by atoms with Gasteiger partial charge in [0.05, 0.1) is 17.9 Å². The molecule has 0 unspecified atom stereocenters. The molecule has 0 atom stereocenters. The molecule has 3 nitrogen and oxygen atoms in total. The van der Waals surface area contributed by atoms with Gasteiger partial charge in [-0.3, -0.25) is 4.79 Å². The number of carbonyl (C=O) groups is 1. The summed E-state index contributed by atoms with van der Waals surface area (Å²) >= 11 is 5.95. The average molecular weight is 379 g/mol. The van der Waals surface area contributed by atoms with Gasteiger partial charge in [-0.15, -0.1) is 0 Å². The van der Waals surface area contributed by atoms with E-state index in [0.29, 0.717) is 28.5 Å². The minimum Gasteiger partial charge on any atom is -0.302 e. The van der Waals surface area contributed by atoms with E-state index in [0.717, 1.165) is 16.8 Å². The van der Waals surface area contributed by atoms with Gasteiger partial charge in [-0.1, -0.05) is 48.0 Å². The fraction of sp³-hybridized carbons (Fsp3) is 0.0909. The molecule has 0 radical (unpaired) electrons. The van der Waals surface area contributed by atoms with Crippen molar-refractivity contribution < 1.29 is 9.18 Å². The predicted octanol–water partition coefficient (Wildman–Crippen LogP) is 5.46. The number of carbonyl (C=O) groups excluding carboxylic acids is 1. The molecule has 134 valence electrons. The third-order valence-electron chi connectivity index (χ3n) is 4.55. The van der Waals surface area contributed by atoms with Crippen molar-refractivity contribution in [3.05, 3.63) is 94.3 Å². The Labute approximate surface area is 161 Å². The van der Waals surface area contributed by atoms with Gasteiger partial charge in [-0.2, -0.15) is 0 Å². The second-order valence-corrected chi connectivity index (χ2v) is 6.87. The second kappa shape index (κ2) is 6.97. The SMILES string of the molecule is Cc1ccc(N=C2C(=O)N(Cc3ccc(Cl)cc3)c3ccccc32)cc1F. The predicted molar refractivity (Wildman–Crippen MR) is 106 cm³/mol. The van der Waals surface area contributed by atoms with Crippen LogP contribution in [0.25, 0.3) is 0 Å². The largest absolute Gasteiger partial charge is 0.302 e. The third kappa shape index (κ3) is 3.36. The smallest absolute Gasteiger partial charge is 0.277 e. The monoisotopic (exact) mass is 378 g/mol. The lowest BCUT2D eigenvalue weighted by atomic mass is 10.1. The van der Waals surface area contributed by atoms with E-state index in [1.165, 1.54) is 6.07 Å². The van der Waals surface area contributed by atoms with Crippen molar-refractivity contribution in [3.8, 4) is 0 Å². The molecular weight excluding hydrogens is 363 g/mol. The standard InChI is InChI=1S/C22H16ClFN2O/c1-14-6-11-17(12-19(14)24)25-21-18-4-2-3-5-20(18)26(22(21)27)13-15-7-9-16(23)10-8-15/h2-12H,13H2,1H3. The molecule has 27 heavy (non-hydrogen) atoms. The maximum absolute atomic E-state index is 13.9. The van der Waals surface area contributed by atoms with E-state index in [4.69, 9.17) is 11.6 Å². The fourth-order valence-electron chi connectivity index (χ4n) is 3.08. The quantitative estimate of drug-likeness (QED) is 0.596. The Morgan fingerprint density at radius 2 is 1.78 bits per heavy atom. The third-order valence-corrected chi connectivity index (χ3v) is 4.80. The van der Waals surface area contributed by atoms with Crippen LogP contribution < -0.4 is 4.90 Å². The van der Waals surface area contributed by atoms with Crippen LogP contribution in [0.2, 0.25) is 5.02 Å². The maximum Gasteiger partial charge on any atom is 0.277 e. The Bertz CT molecular complexity index is 1060. The molecular formula is C22H16ClFN2O. The Morgan fingerprint density at radius 1 is 1.04 bits per heavy atom. The van der Waals surface area contributed by atoms with E-state index in [1.54, 1.807) is 36.1 Å². The maximum atomic E-state index is 13.9. The van der Waals surface area contributed by atoms with Crippen molar-refractivity contribution in [2.24, 2.45) is 4.99 Å². The highest BCUT2D eigenvalue weighted by Gasteiger charge is 2.33. The van der Waals surface area contributed by atoms with Gasteiger partial charge in [0, 0.05) is 10.6 Å². The summed E-state index contributed by atoms with van der Waals surface area (Å²) in [4.78, 5) is 19.2. The molecule has 4 rings (SSSR count). The van der Waals surface area contributed by atoms with Crippen LogP contribution in [0.3, 0.4) is 0 Å². The molecule has 0 aliphatic carbocycles. The van der Waals surface area contributed by atoms with Crippen molar-refractivity contribution in [1.29, 1.82) is 0 Å². The van der Waals surface area contributed by atoms with E-state index in [1.807, 2.05) is 36.4 Å². The number of fused-ring (bicyclic) bond motifs is 1. The normalized spacial score (nSPS) is 14.7. The summed E-state index contributed by atoms with van der Waals surface area (Å²) < 4.78 is 13.9. The average Bonchev–Trinajstić information content (AvgIpc) is 2.92. The van der Waals surface area contributed by atoms with Crippen molar-refractivity contribution in [2.45, 2.75) is 13.5 Å². The Morgan fingerprint density at radius 3 is 2.52 bits per heavy atom.